The summed E-state index contributed by atoms with van der Waals surface area (Å²) in [7, 11) is 3.22. The number of hydrogen-bond donors (Lipinski definition) is 2. The van der Waals surface area contributed by atoms with E-state index in [1.807, 2.05) is 25.1 Å². The van der Waals surface area contributed by atoms with Crippen molar-refractivity contribution in [1.82, 2.24) is 5.32 Å². The van der Waals surface area contributed by atoms with Crippen LogP contribution in [0.15, 0.2) is 18.2 Å². The van der Waals surface area contributed by atoms with Gasteiger partial charge in [0.15, 0.2) is 11.5 Å². The molecule has 1 atom stereocenters. The van der Waals surface area contributed by atoms with E-state index < -0.39 is 0 Å². The molecule has 0 bridgehead atoms. The van der Waals surface area contributed by atoms with E-state index in [4.69, 9.17) is 15.2 Å². The first kappa shape index (κ1) is 16.3. The Hall–Kier alpha value is -1.75. The van der Waals surface area contributed by atoms with Gasteiger partial charge in [0, 0.05) is 13.0 Å². The summed E-state index contributed by atoms with van der Waals surface area (Å²) in [6, 6.07) is 5.76. The molecule has 5 heteroatoms. The van der Waals surface area contributed by atoms with Crippen LogP contribution in [-0.2, 0) is 11.2 Å². The molecule has 0 spiro atoms. The fraction of sp³-hybridized carbons (Fsp3) is 0.533. The summed E-state index contributed by atoms with van der Waals surface area (Å²) in [5.41, 5.74) is 6.59. The molecule has 3 N–H and O–H groups in total. The third kappa shape index (κ3) is 5.09. The summed E-state index contributed by atoms with van der Waals surface area (Å²) < 4.78 is 10.4. The quantitative estimate of drug-likeness (QED) is 0.754. The molecule has 1 unspecified atom stereocenters. The van der Waals surface area contributed by atoms with E-state index in [0.29, 0.717) is 31.0 Å². The van der Waals surface area contributed by atoms with Crippen molar-refractivity contribution in [3.63, 3.8) is 0 Å². The van der Waals surface area contributed by atoms with Crippen LogP contribution >= 0.6 is 0 Å². The van der Waals surface area contributed by atoms with Gasteiger partial charge in [0.05, 0.1) is 14.2 Å². The van der Waals surface area contributed by atoms with Crippen LogP contribution in [0.4, 0.5) is 0 Å². The molecule has 0 aromatic heterocycles. The highest BCUT2D eigenvalue weighted by Crippen LogP contribution is 2.27. The van der Waals surface area contributed by atoms with Gasteiger partial charge in [0.2, 0.25) is 5.91 Å². The van der Waals surface area contributed by atoms with Gasteiger partial charge in [-0.05, 0) is 36.6 Å². The lowest BCUT2D eigenvalue weighted by Crippen LogP contribution is -2.28. The Balaban J connectivity index is 2.44. The zero-order chi connectivity index (χ0) is 15.0. The molecule has 0 radical (unpaired) electrons. The van der Waals surface area contributed by atoms with Gasteiger partial charge >= 0.3 is 0 Å². The second-order valence-electron chi connectivity index (χ2n) is 4.83. The number of methoxy groups -OCH3 is 2. The lowest BCUT2D eigenvalue weighted by Gasteiger charge is -2.11. The first-order chi connectivity index (χ1) is 9.60. The van der Waals surface area contributed by atoms with Crippen molar-refractivity contribution in [2.24, 2.45) is 11.7 Å². The molecule has 0 heterocycles. The van der Waals surface area contributed by atoms with E-state index in [1.54, 1.807) is 14.2 Å². The van der Waals surface area contributed by atoms with Crippen LogP contribution in [0.1, 0.15) is 18.9 Å². The van der Waals surface area contributed by atoms with E-state index in [-0.39, 0.29) is 11.8 Å². The third-order valence-corrected chi connectivity index (χ3v) is 3.12. The average Bonchev–Trinajstić information content (AvgIpc) is 2.46. The predicted molar refractivity (Wildman–Crippen MR) is 79.1 cm³/mol. The van der Waals surface area contributed by atoms with Crippen molar-refractivity contribution in [1.29, 1.82) is 0 Å². The monoisotopic (exact) mass is 280 g/mol. The number of carbonyl (C=O) groups is 1. The molecule has 0 fully saturated rings. The number of nitrogens with one attached hydrogen (secondary N) is 1. The maximum Gasteiger partial charge on any atom is 0.220 e. The Bertz CT molecular complexity index is 435. The molecule has 5 nitrogen and oxygen atoms in total. The van der Waals surface area contributed by atoms with Gasteiger partial charge < -0.3 is 20.5 Å². The van der Waals surface area contributed by atoms with Gasteiger partial charge in [-0.2, -0.15) is 0 Å². The van der Waals surface area contributed by atoms with Gasteiger partial charge in [0.1, 0.15) is 0 Å². The second kappa shape index (κ2) is 8.43. The van der Waals surface area contributed by atoms with Crippen molar-refractivity contribution in [3.05, 3.63) is 23.8 Å². The van der Waals surface area contributed by atoms with Gasteiger partial charge in [-0.25, -0.2) is 0 Å². The highest BCUT2D eigenvalue weighted by atomic mass is 16.5. The molecule has 0 aliphatic carbocycles. The molecule has 0 aliphatic heterocycles. The minimum atomic E-state index is 0.0448. The highest BCUT2D eigenvalue weighted by Gasteiger charge is 2.08. The first-order valence-corrected chi connectivity index (χ1v) is 6.78. The molecule has 1 aromatic rings. The van der Waals surface area contributed by atoms with E-state index in [9.17, 15) is 4.79 Å². The fourth-order valence-corrected chi connectivity index (χ4v) is 1.85. The summed E-state index contributed by atoms with van der Waals surface area (Å²) in [5.74, 6) is 1.67. The Morgan fingerprint density at radius 3 is 2.60 bits per heavy atom. The minimum absolute atomic E-state index is 0.0448. The fourth-order valence-electron chi connectivity index (χ4n) is 1.85. The molecule has 112 valence electrons. The summed E-state index contributed by atoms with van der Waals surface area (Å²) in [4.78, 5) is 11.6. The van der Waals surface area contributed by atoms with Crippen molar-refractivity contribution in [3.8, 4) is 11.5 Å². The Morgan fingerprint density at radius 1 is 1.30 bits per heavy atom. The topological polar surface area (TPSA) is 73.6 Å². The standard InChI is InChI=1S/C15H24N2O3/c1-11(10-16)8-15(18)17-7-6-12-4-5-13(19-2)14(9-12)20-3/h4-5,9,11H,6-8,10,16H2,1-3H3,(H,17,18). The highest BCUT2D eigenvalue weighted by molar-refractivity contribution is 5.76. The normalized spacial score (nSPS) is 11.8. The molecule has 1 aromatic carbocycles. The molecular formula is C15H24N2O3. The Kier molecular flexibility index (Phi) is 6.87. The number of amides is 1. The summed E-state index contributed by atoms with van der Waals surface area (Å²) in [6.07, 6.45) is 1.23. The van der Waals surface area contributed by atoms with Crippen molar-refractivity contribution in [2.75, 3.05) is 27.3 Å². The molecule has 0 saturated heterocycles. The summed E-state index contributed by atoms with van der Waals surface area (Å²) in [6.45, 7) is 3.10. The van der Waals surface area contributed by atoms with Crippen molar-refractivity contribution >= 4 is 5.91 Å². The van der Waals surface area contributed by atoms with E-state index in [2.05, 4.69) is 5.32 Å². The second-order valence-corrected chi connectivity index (χ2v) is 4.83. The zero-order valence-electron chi connectivity index (χ0n) is 12.4. The van der Waals surface area contributed by atoms with Crippen LogP contribution < -0.4 is 20.5 Å². The van der Waals surface area contributed by atoms with Crippen molar-refractivity contribution in [2.45, 2.75) is 19.8 Å². The van der Waals surface area contributed by atoms with E-state index >= 15 is 0 Å². The minimum Gasteiger partial charge on any atom is -0.493 e. The lowest BCUT2D eigenvalue weighted by atomic mass is 10.1. The lowest BCUT2D eigenvalue weighted by molar-refractivity contribution is -0.121. The number of nitrogens with two attached hydrogens (primary N) is 1. The predicted octanol–water partition coefficient (Wildman–Crippen LogP) is 1.35. The van der Waals surface area contributed by atoms with Gasteiger partial charge in [-0.3, -0.25) is 4.79 Å². The number of hydrogen-bond acceptors (Lipinski definition) is 4. The third-order valence-electron chi connectivity index (χ3n) is 3.12. The molecule has 0 aliphatic rings. The van der Waals surface area contributed by atoms with Gasteiger partial charge in [-0.1, -0.05) is 13.0 Å². The SMILES string of the molecule is COc1ccc(CCNC(=O)CC(C)CN)cc1OC. The van der Waals surface area contributed by atoms with Gasteiger partial charge in [-0.15, -0.1) is 0 Å². The molecule has 0 saturated carbocycles. The van der Waals surface area contributed by atoms with Crippen LogP contribution in [-0.4, -0.2) is 33.2 Å². The Morgan fingerprint density at radius 2 is 2.00 bits per heavy atom. The van der Waals surface area contributed by atoms with E-state index in [1.165, 1.54) is 0 Å². The number of benzene rings is 1. The van der Waals surface area contributed by atoms with E-state index in [0.717, 1.165) is 12.0 Å². The van der Waals surface area contributed by atoms with Crippen molar-refractivity contribution < 1.29 is 14.3 Å². The molecule has 20 heavy (non-hydrogen) atoms. The molecule has 1 amide bonds. The maximum atomic E-state index is 11.6. The Labute approximate surface area is 120 Å². The first-order valence-electron chi connectivity index (χ1n) is 6.78. The largest absolute Gasteiger partial charge is 0.493 e. The van der Waals surface area contributed by atoms with Gasteiger partial charge in [0.25, 0.3) is 0 Å². The van der Waals surface area contributed by atoms with Crippen LogP contribution in [0.5, 0.6) is 11.5 Å². The smallest absolute Gasteiger partial charge is 0.220 e. The van der Waals surface area contributed by atoms with Crippen LogP contribution in [0.2, 0.25) is 0 Å². The van der Waals surface area contributed by atoms with Crippen LogP contribution in [0.3, 0.4) is 0 Å². The molecule has 1 rings (SSSR count). The summed E-state index contributed by atoms with van der Waals surface area (Å²) in [5, 5.41) is 2.90. The van der Waals surface area contributed by atoms with Crippen LogP contribution in [0, 0.1) is 5.92 Å². The number of rotatable bonds is 8. The summed E-state index contributed by atoms with van der Waals surface area (Å²) >= 11 is 0. The number of carbonyl (C=O) groups excluding carboxylic acids is 1. The number of ether oxygens (including phenoxy) is 2. The molecular weight excluding hydrogens is 256 g/mol. The zero-order valence-corrected chi connectivity index (χ0v) is 12.4. The maximum absolute atomic E-state index is 11.6. The average molecular weight is 280 g/mol. The van der Waals surface area contributed by atoms with Crippen LogP contribution in [0.25, 0.3) is 0 Å².